The molecule has 0 saturated carbocycles. The van der Waals surface area contributed by atoms with E-state index in [0.717, 1.165) is 4.88 Å². The van der Waals surface area contributed by atoms with E-state index in [1.165, 1.54) is 18.4 Å². The zero-order chi connectivity index (χ0) is 12.1. The SMILES string of the molecule is COC(=O)CC(C)NC(=O)c1ccc(C)s1. The lowest BCUT2D eigenvalue weighted by atomic mass is 10.2. The van der Waals surface area contributed by atoms with Crippen LogP contribution in [0.2, 0.25) is 0 Å². The third-order valence-corrected chi connectivity index (χ3v) is 3.04. The van der Waals surface area contributed by atoms with Crippen molar-refractivity contribution in [3.8, 4) is 0 Å². The molecule has 0 aliphatic heterocycles. The van der Waals surface area contributed by atoms with E-state index in [9.17, 15) is 9.59 Å². The Morgan fingerprint density at radius 3 is 2.69 bits per heavy atom. The van der Waals surface area contributed by atoms with Crippen LogP contribution in [-0.2, 0) is 9.53 Å². The van der Waals surface area contributed by atoms with E-state index in [0.29, 0.717) is 4.88 Å². The highest BCUT2D eigenvalue weighted by molar-refractivity contribution is 7.13. The fraction of sp³-hybridized carbons (Fsp3) is 0.455. The van der Waals surface area contributed by atoms with Gasteiger partial charge in [-0.1, -0.05) is 0 Å². The van der Waals surface area contributed by atoms with Crippen molar-refractivity contribution >= 4 is 23.2 Å². The van der Waals surface area contributed by atoms with Crippen molar-refractivity contribution in [2.24, 2.45) is 0 Å². The summed E-state index contributed by atoms with van der Waals surface area (Å²) >= 11 is 1.43. The molecule has 0 aliphatic carbocycles. The van der Waals surface area contributed by atoms with Gasteiger partial charge in [-0.3, -0.25) is 9.59 Å². The van der Waals surface area contributed by atoms with Crippen molar-refractivity contribution in [3.63, 3.8) is 0 Å². The highest BCUT2D eigenvalue weighted by Gasteiger charge is 2.14. The Balaban J connectivity index is 2.48. The molecule has 0 fully saturated rings. The van der Waals surface area contributed by atoms with Crippen molar-refractivity contribution in [1.82, 2.24) is 5.32 Å². The Morgan fingerprint density at radius 1 is 1.50 bits per heavy atom. The van der Waals surface area contributed by atoms with Gasteiger partial charge in [0.05, 0.1) is 18.4 Å². The number of ether oxygens (including phenoxy) is 1. The zero-order valence-electron chi connectivity index (χ0n) is 9.57. The molecule has 1 atom stereocenters. The van der Waals surface area contributed by atoms with Crippen molar-refractivity contribution < 1.29 is 14.3 Å². The highest BCUT2D eigenvalue weighted by atomic mass is 32.1. The first-order valence-electron chi connectivity index (χ1n) is 4.97. The second kappa shape index (κ2) is 5.65. The number of aryl methyl sites for hydroxylation is 1. The van der Waals surface area contributed by atoms with Gasteiger partial charge in [-0.2, -0.15) is 0 Å². The maximum Gasteiger partial charge on any atom is 0.307 e. The molecule has 0 aromatic carbocycles. The number of hydrogen-bond donors (Lipinski definition) is 1. The van der Waals surface area contributed by atoms with Crippen LogP contribution < -0.4 is 5.32 Å². The van der Waals surface area contributed by atoms with Crippen LogP contribution in [0.3, 0.4) is 0 Å². The number of nitrogens with one attached hydrogen (secondary N) is 1. The first kappa shape index (κ1) is 12.7. The maximum atomic E-state index is 11.7. The summed E-state index contributed by atoms with van der Waals surface area (Å²) in [5.74, 6) is -0.468. The number of rotatable bonds is 4. The number of esters is 1. The average molecular weight is 241 g/mol. The van der Waals surface area contributed by atoms with Crippen molar-refractivity contribution in [1.29, 1.82) is 0 Å². The van der Waals surface area contributed by atoms with Gasteiger partial charge in [-0.25, -0.2) is 0 Å². The largest absolute Gasteiger partial charge is 0.469 e. The van der Waals surface area contributed by atoms with Gasteiger partial charge in [-0.15, -0.1) is 11.3 Å². The quantitative estimate of drug-likeness (QED) is 0.817. The minimum atomic E-state index is -0.324. The van der Waals surface area contributed by atoms with Crippen LogP contribution in [0, 0.1) is 6.92 Å². The zero-order valence-corrected chi connectivity index (χ0v) is 10.4. The van der Waals surface area contributed by atoms with Crippen LogP contribution in [-0.4, -0.2) is 25.0 Å². The van der Waals surface area contributed by atoms with Gasteiger partial charge in [0.1, 0.15) is 0 Å². The Bertz CT molecular complexity index is 386. The molecule has 0 bridgehead atoms. The number of carbonyl (C=O) groups is 2. The van der Waals surface area contributed by atoms with Crippen LogP contribution in [0.4, 0.5) is 0 Å². The van der Waals surface area contributed by atoms with Crippen LogP contribution in [0.5, 0.6) is 0 Å². The molecule has 0 saturated heterocycles. The number of amides is 1. The third kappa shape index (κ3) is 3.66. The van der Waals surface area contributed by atoms with E-state index in [-0.39, 0.29) is 24.3 Å². The fourth-order valence-corrected chi connectivity index (χ4v) is 2.01. The van der Waals surface area contributed by atoms with Gasteiger partial charge < -0.3 is 10.1 Å². The molecule has 5 heteroatoms. The van der Waals surface area contributed by atoms with Gasteiger partial charge in [-0.05, 0) is 26.0 Å². The lowest BCUT2D eigenvalue weighted by molar-refractivity contribution is -0.141. The molecule has 0 aliphatic rings. The molecular weight excluding hydrogens is 226 g/mol. The van der Waals surface area contributed by atoms with Crippen molar-refractivity contribution in [3.05, 3.63) is 21.9 Å². The third-order valence-electron chi connectivity index (χ3n) is 2.04. The predicted molar refractivity (Wildman–Crippen MR) is 62.6 cm³/mol. The second-order valence-corrected chi connectivity index (χ2v) is 4.85. The number of methoxy groups -OCH3 is 1. The number of carbonyl (C=O) groups excluding carboxylic acids is 2. The van der Waals surface area contributed by atoms with Crippen LogP contribution >= 0.6 is 11.3 Å². The number of hydrogen-bond acceptors (Lipinski definition) is 4. The summed E-state index contributed by atoms with van der Waals surface area (Å²) in [5, 5.41) is 2.75. The van der Waals surface area contributed by atoms with Gasteiger partial charge >= 0.3 is 5.97 Å². The Kier molecular flexibility index (Phi) is 4.49. The Hall–Kier alpha value is -1.36. The van der Waals surface area contributed by atoms with Crippen LogP contribution in [0.15, 0.2) is 12.1 Å². The molecule has 1 unspecified atom stereocenters. The summed E-state index contributed by atoms with van der Waals surface area (Å²) in [6, 6.07) is 3.45. The lowest BCUT2D eigenvalue weighted by Gasteiger charge is -2.11. The highest BCUT2D eigenvalue weighted by Crippen LogP contribution is 2.14. The standard InChI is InChI=1S/C11H15NO3S/c1-7(6-10(13)15-3)12-11(14)9-5-4-8(2)16-9/h4-5,7H,6H2,1-3H3,(H,12,14). The monoisotopic (exact) mass is 241 g/mol. The molecular formula is C11H15NO3S. The van der Waals surface area contributed by atoms with Gasteiger partial charge in [0.2, 0.25) is 0 Å². The predicted octanol–water partition coefficient (Wildman–Crippen LogP) is 1.74. The maximum absolute atomic E-state index is 11.7. The summed E-state index contributed by atoms with van der Waals surface area (Å²) in [7, 11) is 1.33. The van der Waals surface area contributed by atoms with E-state index in [1.807, 2.05) is 13.0 Å². The van der Waals surface area contributed by atoms with Crippen molar-refractivity contribution in [2.75, 3.05) is 7.11 Å². The average Bonchev–Trinajstić information content (AvgIpc) is 2.64. The van der Waals surface area contributed by atoms with Gasteiger partial charge in [0, 0.05) is 10.9 Å². The van der Waals surface area contributed by atoms with Crippen LogP contribution in [0.25, 0.3) is 0 Å². The van der Waals surface area contributed by atoms with E-state index in [2.05, 4.69) is 10.1 Å². The van der Waals surface area contributed by atoms with Gasteiger partial charge in [0.25, 0.3) is 5.91 Å². The molecule has 4 nitrogen and oxygen atoms in total. The smallest absolute Gasteiger partial charge is 0.307 e. The van der Waals surface area contributed by atoms with Crippen molar-refractivity contribution in [2.45, 2.75) is 26.3 Å². The minimum Gasteiger partial charge on any atom is -0.469 e. The van der Waals surface area contributed by atoms with Crippen LogP contribution in [0.1, 0.15) is 27.9 Å². The molecule has 0 radical (unpaired) electrons. The molecule has 88 valence electrons. The lowest BCUT2D eigenvalue weighted by Crippen LogP contribution is -2.34. The minimum absolute atomic E-state index is 0.144. The number of thiophene rings is 1. The normalized spacial score (nSPS) is 11.9. The summed E-state index contributed by atoms with van der Waals surface area (Å²) in [6.45, 7) is 3.72. The van der Waals surface area contributed by atoms with Gasteiger partial charge in [0.15, 0.2) is 0 Å². The summed E-state index contributed by atoms with van der Waals surface area (Å²) in [6.07, 6.45) is 0.187. The van der Waals surface area contributed by atoms with E-state index in [4.69, 9.17) is 0 Å². The molecule has 1 N–H and O–H groups in total. The Labute approximate surface area is 98.6 Å². The Morgan fingerprint density at radius 2 is 2.19 bits per heavy atom. The molecule has 16 heavy (non-hydrogen) atoms. The molecule has 1 heterocycles. The summed E-state index contributed by atoms with van der Waals surface area (Å²) in [4.78, 5) is 24.4. The topological polar surface area (TPSA) is 55.4 Å². The summed E-state index contributed by atoms with van der Waals surface area (Å²) < 4.78 is 4.52. The van der Waals surface area contributed by atoms with E-state index >= 15 is 0 Å². The molecule has 1 aromatic rings. The summed E-state index contributed by atoms with van der Waals surface area (Å²) in [5.41, 5.74) is 0. The van der Waals surface area contributed by atoms with E-state index in [1.54, 1.807) is 13.0 Å². The molecule has 1 amide bonds. The molecule has 1 aromatic heterocycles. The molecule has 1 rings (SSSR count). The first-order chi connectivity index (χ1) is 7.52. The first-order valence-corrected chi connectivity index (χ1v) is 5.78. The molecule has 0 spiro atoms. The second-order valence-electron chi connectivity index (χ2n) is 3.57. The fourth-order valence-electron chi connectivity index (χ4n) is 1.24. The van der Waals surface area contributed by atoms with E-state index < -0.39 is 0 Å².